The molecule has 0 saturated carbocycles. The highest BCUT2D eigenvalue weighted by atomic mass is 35.5. The van der Waals surface area contributed by atoms with E-state index < -0.39 is 0 Å². The lowest BCUT2D eigenvalue weighted by molar-refractivity contribution is 0.459. The lowest BCUT2D eigenvalue weighted by Gasteiger charge is -2.11. The van der Waals surface area contributed by atoms with E-state index in [0.29, 0.717) is 27.5 Å². The van der Waals surface area contributed by atoms with Crippen molar-refractivity contribution in [2.75, 3.05) is 11.9 Å². The zero-order valence-corrected chi connectivity index (χ0v) is 13.5. The minimum atomic E-state index is 0.374. The first-order valence-corrected chi connectivity index (χ1v) is 7.63. The van der Waals surface area contributed by atoms with Crippen LogP contribution in [0.25, 0.3) is 0 Å². The average Bonchev–Trinajstić information content (AvgIpc) is 2.49. The molecule has 1 aromatic heterocycles. The van der Waals surface area contributed by atoms with Gasteiger partial charge in [-0.3, -0.25) is 0 Å². The van der Waals surface area contributed by atoms with E-state index in [9.17, 15) is 0 Å². The van der Waals surface area contributed by atoms with Crippen LogP contribution < -0.4 is 10.1 Å². The molecule has 0 atom stereocenters. The van der Waals surface area contributed by atoms with Crippen LogP contribution in [-0.2, 0) is 6.42 Å². The zero-order valence-electron chi connectivity index (χ0n) is 12.0. The van der Waals surface area contributed by atoms with E-state index in [4.69, 9.17) is 27.9 Å². The Hall–Kier alpha value is -1.52. The highest BCUT2D eigenvalue weighted by molar-refractivity contribution is 6.42. The molecule has 1 heterocycles. The van der Waals surface area contributed by atoms with Crippen molar-refractivity contribution in [3.8, 4) is 11.6 Å². The van der Waals surface area contributed by atoms with Gasteiger partial charge in [0.25, 0.3) is 0 Å². The third-order valence-electron chi connectivity index (χ3n) is 2.75. The maximum atomic E-state index is 6.12. The molecule has 0 fully saturated rings. The Balaban J connectivity index is 2.28. The number of benzene rings is 1. The molecule has 0 radical (unpaired) electrons. The normalized spacial score (nSPS) is 10.5. The van der Waals surface area contributed by atoms with Gasteiger partial charge in [0.1, 0.15) is 22.4 Å². The van der Waals surface area contributed by atoms with Crippen molar-refractivity contribution >= 4 is 29.0 Å². The van der Waals surface area contributed by atoms with E-state index in [1.807, 2.05) is 6.92 Å². The second-order valence-corrected chi connectivity index (χ2v) is 5.23. The summed E-state index contributed by atoms with van der Waals surface area (Å²) < 4.78 is 5.75. The number of nitrogens with one attached hydrogen (secondary N) is 1. The molecule has 0 amide bonds. The van der Waals surface area contributed by atoms with Gasteiger partial charge >= 0.3 is 0 Å². The Morgan fingerprint density at radius 3 is 2.71 bits per heavy atom. The van der Waals surface area contributed by atoms with E-state index in [1.165, 1.54) is 0 Å². The summed E-state index contributed by atoms with van der Waals surface area (Å²) in [5.41, 5.74) is 0. The van der Waals surface area contributed by atoms with E-state index in [-0.39, 0.29) is 0 Å². The molecule has 0 spiro atoms. The number of hydrogen-bond acceptors (Lipinski definition) is 4. The van der Waals surface area contributed by atoms with Gasteiger partial charge in [-0.1, -0.05) is 43.1 Å². The van der Waals surface area contributed by atoms with Crippen molar-refractivity contribution < 1.29 is 4.74 Å². The molecule has 1 aromatic carbocycles. The smallest absolute Gasteiger partial charge is 0.224 e. The van der Waals surface area contributed by atoms with Crippen LogP contribution in [0.4, 0.5) is 5.82 Å². The molecule has 1 N–H and O–H groups in total. The largest absolute Gasteiger partial charge is 0.437 e. The van der Waals surface area contributed by atoms with Crippen LogP contribution in [0.3, 0.4) is 0 Å². The predicted molar refractivity (Wildman–Crippen MR) is 86.7 cm³/mol. The number of aryl methyl sites for hydroxylation is 1. The zero-order chi connectivity index (χ0) is 15.2. The quantitative estimate of drug-likeness (QED) is 0.815. The third kappa shape index (κ3) is 4.22. The summed E-state index contributed by atoms with van der Waals surface area (Å²) in [6.07, 6.45) is 1.74. The fraction of sp³-hybridized carbons (Fsp3) is 0.333. The molecule has 21 heavy (non-hydrogen) atoms. The monoisotopic (exact) mass is 325 g/mol. The van der Waals surface area contributed by atoms with Crippen molar-refractivity contribution in [2.45, 2.75) is 26.7 Å². The van der Waals surface area contributed by atoms with E-state index in [1.54, 1.807) is 24.3 Å². The number of aromatic nitrogens is 2. The highest BCUT2D eigenvalue weighted by Crippen LogP contribution is 2.34. The first kappa shape index (κ1) is 15.9. The van der Waals surface area contributed by atoms with Crippen LogP contribution in [0.15, 0.2) is 24.3 Å². The molecule has 0 saturated heterocycles. The van der Waals surface area contributed by atoms with Gasteiger partial charge in [-0.05, 0) is 18.6 Å². The summed E-state index contributed by atoms with van der Waals surface area (Å²) in [7, 11) is 0. The van der Waals surface area contributed by atoms with Crippen molar-refractivity contribution in [2.24, 2.45) is 0 Å². The second kappa shape index (κ2) is 7.48. The number of anilines is 1. The van der Waals surface area contributed by atoms with Crippen LogP contribution in [0.2, 0.25) is 10.0 Å². The molecule has 0 aliphatic carbocycles. The van der Waals surface area contributed by atoms with E-state index >= 15 is 0 Å². The molecular formula is C15H17Cl2N3O. The summed E-state index contributed by atoms with van der Waals surface area (Å²) in [6, 6.07) is 7.00. The summed E-state index contributed by atoms with van der Waals surface area (Å²) in [4.78, 5) is 8.76. The fourth-order valence-corrected chi connectivity index (χ4v) is 2.03. The van der Waals surface area contributed by atoms with Crippen molar-refractivity contribution in [3.63, 3.8) is 0 Å². The summed E-state index contributed by atoms with van der Waals surface area (Å²) in [5.74, 6) is 2.39. The Morgan fingerprint density at radius 1 is 1.19 bits per heavy atom. The molecular weight excluding hydrogens is 309 g/mol. The van der Waals surface area contributed by atoms with Crippen molar-refractivity contribution in [3.05, 3.63) is 40.1 Å². The van der Waals surface area contributed by atoms with Crippen LogP contribution in [0, 0.1) is 0 Å². The van der Waals surface area contributed by atoms with Gasteiger partial charge in [0.2, 0.25) is 5.88 Å². The minimum Gasteiger partial charge on any atom is -0.437 e. The average molecular weight is 326 g/mol. The Labute approximate surface area is 134 Å². The fourth-order valence-electron chi connectivity index (χ4n) is 1.70. The first-order valence-electron chi connectivity index (χ1n) is 6.87. The highest BCUT2D eigenvalue weighted by Gasteiger charge is 2.10. The second-order valence-electron chi connectivity index (χ2n) is 4.44. The van der Waals surface area contributed by atoms with Gasteiger partial charge in [0.15, 0.2) is 0 Å². The number of halogens is 2. The van der Waals surface area contributed by atoms with Crippen LogP contribution >= 0.6 is 23.2 Å². The van der Waals surface area contributed by atoms with Gasteiger partial charge < -0.3 is 10.1 Å². The maximum Gasteiger partial charge on any atom is 0.224 e. The first-order chi connectivity index (χ1) is 10.1. The van der Waals surface area contributed by atoms with Crippen LogP contribution in [-0.4, -0.2) is 16.5 Å². The Morgan fingerprint density at radius 2 is 2.00 bits per heavy atom. The van der Waals surface area contributed by atoms with Gasteiger partial charge in [-0.2, -0.15) is 4.98 Å². The lowest BCUT2D eigenvalue weighted by Crippen LogP contribution is -2.05. The van der Waals surface area contributed by atoms with Gasteiger partial charge in [0.05, 0.1) is 5.02 Å². The molecule has 0 aliphatic heterocycles. The molecule has 6 heteroatoms. The van der Waals surface area contributed by atoms with Gasteiger partial charge in [-0.15, -0.1) is 0 Å². The lowest BCUT2D eigenvalue weighted by atomic mass is 10.3. The molecule has 0 bridgehead atoms. The summed E-state index contributed by atoms with van der Waals surface area (Å²) >= 11 is 12.1. The van der Waals surface area contributed by atoms with Crippen LogP contribution in [0.5, 0.6) is 11.6 Å². The van der Waals surface area contributed by atoms with E-state index in [2.05, 4.69) is 22.2 Å². The Bertz CT molecular complexity index is 620. The molecule has 112 valence electrons. The Kier molecular flexibility index (Phi) is 5.65. The molecule has 0 aliphatic rings. The molecule has 4 nitrogen and oxygen atoms in total. The maximum absolute atomic E-state index is 6.12. The molecule has 2 aromatic rings. The third-order valence-corrected chi connectivity index (χ3v) is 3.55. The molecule has 2 rings (SSSR count). The number of ether oxygens (including phenoxy) is 1. The SMILES string of the molecule is CCCNc1cc(Oc2cccc(Cl)c2Cl)nc(CC)n1. The van der Waals surface area contributed by atoms with Gasteiger partial charge in [0, 0.05) is 19.0 Å². The van der Waals surface area contributed by atoms with Gasteiger partial charge in [-0.25, -0.2) is 4.98 Å². The number of hydrogen-bond donors (Lipinski definition) is 1. The topological polar surface area (TPSA) is 47.0 Å². The standard InChI is InChI=1S/C15H17Cl2N3O/c1-3-8-18-13-9-14(20-12(4-2)19-13)21-11-7-5-6-10(16)15(11)17/h5-7,9H,3-4,8H2,1-2H3,(H,18,19,20). The predicted octanol–water partition coefficient (Wildman–Crippen LogP) is 4.96. The summed E-state index contributed by atoms with van der Waals surface area (Å²) in [6.45, 7) is 4.94. The van der Waals surface area contributed by atoms with Crippen molar-refractivity contribution in [1.29, 1.82) is 0 Å². The minimum absolute atomic E-state index is 0.374. The number of nitrogens with zero attached hydrogens (tertiary/aromatic N) is 2. The van der Waals surface area contributed by atoms with Crippen LogP contribution in [0.1, 0.15) is 26.1 Å². The van der Waals surface area contributed by atoms with Crippen molar-refractivity contribution in [1.82, 2.24) is 9.97 Å². The number of rotatable bonds is 6. The molecule has 0 unspecified atom stereocenters. The summed E-state index contributed by atoms with van der Waals surface area (Å²) in [5, 5.41) is 4.05. The van der Waals surface area contributed by atoms with E-state index in [0.717, 1.165) is 25.2 Å².